The van der Waals surface area contributed by atoms with Gasteiger partial charge in [-0.05, 0) is 39.8 Å². The first-order valence-corrected chi connectivity index (χ1v) is 6.15. The second-order valence-electron chi connectivity index (χ2n) is 4.99. The summed E-state index contributed by atoms with van der Waals surface area (Å²) in [7, 11) is 0. The Morgan fingerprint density at radius 1 is 1.44 bits per heavy atom. The maximum Gasteiger partial charge on any atom is 0.226 e. The van der Waals surface area contributed by atoms with Crippen molar-refractivity contribution in [2.45, 2.75) is 39.7 Å². The lowest BCUT2D eigenvalue weighted by Crippen LogP contribution is -2.46. The molecule has 1 saturated heterocycles. The first kappa shape index (κ1) is 13.5. The lowest BCUT2D eigenvalue weighted by molar-refractivity contribution is -0.131. The second-order valence-corrected chi connectivity index (χ2v) is 4.99. The predicted octanol–water partition coefficient (Wildman–Crippen LogP) is 0.917. The van der Waals surface area contributed by atoms with E-state index in [0.717, 1.165) is 25.9 Å². The quantitative estimate of drug-likeness (QED) is 0.688. The van der Waals surface area contributed by atoms with E-state index < -0.39 is 0 Å². The summed E-state index contributed by atoms with van der Waals surface area (Å²) in [4.78, 5) is 12.0. The molecule has 0 aliphatic carbocycles. The number of amides is 1. The van der Waals surface area contributed by atoms with E-state index in [4.69, 9.17) is 4.74 Å². The van der Waals surface area contributed by atoms with Crippen molar-refractivity contribution < 1.29 is 9.53 Å². The van der Waals surface area contributed by atoms with E-state index in [0.29, 0.717) is 13.2 Å². The van der Waals surface area contributed by atoms with Crippen LogP contribution in [0.1, 0.15) is 33.6 Å². The topological polar surface area (TPSA) is 50.4 Å². The third kappa shape index (κ3) is 4.10. The van der Waals surface area contributed by atoms with Crippen LogP contribution in [0.5, 0.6) is 0 Å². The summed E-state index contributed by atoms with van der Waals surface area (Å²) in [6.45, 7) is 9.12. The number of carbonyl (C=O) groups is 1. The van der Waals surface area contributed by atoms with Crippen LogP contribution in [0.15, 0.2) is 0 Å². The van der Waals surface area contributed by atoms with Crippen LogP contribution in [0.2, 0.25) is 0 Å². The molecular weight excluding hydrogens is 204 g/mol. The molecule has 0 radical (unpaired) electrons. The SMILES string of the molecule is CC(C)OCCNC(=O)C1(C)CCNCC1. The lowest BCUT2D eigenvalue weighted by atomic mass is 9.80. The predicted molar refractivity (Wildman–Crippen MR) is 64.3 cm³/mol. The van der Waals surface area contributed by atoms with Crippen LogP contribution in [0.3, 0.4) is 0 Å². The first-order valence-electron chi connectivity index (χ1n) is 6.15. The molecule has 4 nitrogen and oxygen atoms in total. The largest absolute Gasteiger partial charge is 0.377 e. The Bertz CT molecular complexity index is 223. The van der Waals surface area contributed by atoms with Crippen molar-refractivity contribution in [3.8, 4) is 0 Å². The summed E-state index contributed by atoms with van der Waals surface area (Å²) >= 11 is 0. The molecule has 0 unspecified atom stereocenters. The van der Waals surface area contributed by atoms with Crippen LogP contribution in [0.25, 0.3) is 0 Å². The lowest BCUT2D eigenvalue weighted by Gasteiger charge is -2.32. The van der Waals surface area contributed by atoms with E-state index in [9.17, 15) is 4.79 Å². The minimum absolute atomic E-state index is 0.168. The van der Waals surface area contributed by atoms with Crippen molar-refractivity contribution in [1.82, 2.24) is 10.6 Å². The molecule has 1 aliphatic rings. The Kier molecular flexibility index (Phi) is 5.22. The van der Waals surface area contributed by atoms with E-state index in [-0.39, 0.29) is 17.4 Å². The van der Waals surface area contributed by atoms with Gasteiger partial charge in [0.05, 0.1) is 12.7 Å². The normalized spacial score (nSPS) is 19.8. The molecule has 0 aromatic rings. The average molecular weight is 228 g/mol. The number of hydrogen-bond acceptors (Lipinski definition) is 3. The molecule has 4 heteroatoms. The van der Waals surface area contributed by atoms with Gasteiger partial charge in [-0.25, -0.2) is 0 Å². The number of nitrogens with one attached hydrogen (secondary N) is 2. The molecule has 0 aromatic carbocycles. The number of hydrogen-bond donors (Lipinski definition) is 2. The van der Waals surface area contributed by atoms with Gasteiger partial charge in [-0.3, -0.25) is 4.79 Å². The minimum Gasteiger partial charge on any atom is -0.377 e. The number of ether oxygens (including phenoxy) is 1. The Hall–Kier alpha value is -0.610. The van der Waals surface area contributed by atoms with Crippen LogP contribution in [-0.2, 0) is 9.53 Å². The fourth-order valence-corrected chi connectivity index (χ4v) is 1.88. The van der Waals surface area contributed by atoms with Crippen molar-refractivity contribution in [2.75, 3.05) is 26.2 Å². The monoisotopic (exact) mass is 228 g/mol. The third-order valence-corrected chi connectivity index (χ3v) is 3.09. The van der Waals surface area contributed by atoms with E-state index in [1.807, 2.05) is 20.8 Å². The Morgan fingerprint density at radius 2 is 2.06 bits per heavy atom. The standard InChI is InChI=1S/C12H24N2O2/c1-10(2)16-9-8-14-11(15)12(3)4-6-13-7-5-12/h10,13H,4-9H2,1-3H3,(H,14,15). The summed E-state index contributed by atoms with van der Waals surface area (Å²) < 4.78 is 5.39. The van der Waals surface area contributed by atoms with Gasteiger partial charge in [0.1, 0.15) is 0 Å². The summed E-state index contributed by atoms with van der Waals surface area (Å²) in [6, 6.07) is 0. The van der Waals surface area contributed by atoms with Crippen LogP contribution >= 0.6 is 0 Å². The Morgan fingerprint density at radius 3 is 2.62 bits per heavy atom. The van der Waals surface area contributed by atoms with E-state index in [1.165, 1.54) is 0 Å². The van der Waals surface area contributed by atoms with Crippen molar-refractivity contribution >= 4 is 5.91 Å². The fraction of sp³-hybridized carbons (Fsp3) is 0.917. The van der Waals surface area contributed by atoms with Crippen LogP contribution in [0, 0.1) is 5.41 Å². The van der Waals surface area contributed by atoms with Gasteiger partial charge in [0, 0.05) is 12.0 Å². The summed E-state index contributed by atoms with van der Waals surface area (Å²) in [6.07, 6.45) is 2.07. The molecule has 16 heavy (non-hydrogen) atoms. The summed E-state index contributed by atoms with van der Waals surface area (Å²) in [5.41, 5.74) is -0.191. The highest BCUT2D eigenvalue weighted by atomic mass is 16.5. The Labute approximate surface area is 98.1 Å². The van der Waals surface area contributed by atoms with Crippen LogP contribution in [-0.4, -0.2) is 38.3 Å². The van der Waals surface area contributed by atoms with Gasteiger partial charge in [-0.2, -0.15) is 0 Å². The van der Waals surface area contributed by atoms with Crippen molar-refractivity contribution in [2.24, 2.45) is 5.41 Å². The molecule has 1 aliphatic heterocycles. The molecule has 0 spiro atoms. The van der Waals surface area contributed by atoms with Gasteiger partial charge in [0.15, 0.2) is 0 Å². The molecule has 0 aromatic heterocycles. The van der Waals surface area contributed by atoms with Gasteiger partial charge in [-0.15, -0.1) is 0 Å². The molecule has 0 bridgehead atoms. The molecule has 0 atom stereocenters. The van der Waals surface area contributed by atoms with Gasteiger partial charge in [-0.1, -0.05) is 6.92 Å². The number of piperidine rings is 1. The van der Waals surface area contributed by atoms with Crippen LogP contribution < -0.4 is 10.6 Å². The Balaban J connectivity index is 2.23. The summed E-state index contributed by atoms with van der Waals surface area (Å²) in [5, 5.41) is 6.23. The van der Waals surface area contributed by atoms with Gasteiger partial charge >= 0.3 is 0 Å². The zero-order valence-electron chi connectivity index (χ0n) is 10.6. The molecule has 1 heterocycles. The molecule has 1 rings (SSSR count). The molecule has 1 fully saturated rings. The third-order valence-electron chi connectivity index (χ3n) is 3.09. The van der Waals surface area contributed by atoms with E-state index in [2.05, 4.69) is 10.6 Å². The van der Waals surface area contributed by atoms with Gasteiger partial charge in [0.2, 0.25) is 5.91 Å². The average Bonchev–Trinajstić information content (AvgIpc) is 2.25. The van der Waals surface area contributed by atoms with E-state index in [1.54, 1.807) is 0 Å². The number of rotatable bonds is 5. The zero-order valence-corrected chi connectivity index (χ0v) is 10.6. The molecule has 1 amide bonds. The zero-order chi connectivity index (χ0) is 12.0. The summed E-state index contributed by atoms with van der Waals surface area (Å²) in [5.74, 6) is 0.168. The molecular formula is C12H24N2O2. The van der Waals surface area contributed by atoms with Gasteiger partial charge in [0.25, 0.3) is 0 Å². The van der Waals surface area contributed by atoms with Gasteiger partial charge < -0.3 is 15.4 Å². The molecule has 2 N–H and O–H groups in total. The number of carbonyl (C=O) groups excluding carboxylic acids is 1. The highest BCUT2D eigenvalue weighted by Crippen LogP contribution is 2.27. The highest BCUT2D eigenvalue weighted by Gasteiger charge is 2.33. The van der Waals surface area contributed by atoms with E-state index >= 15 is 0 Å². The van der Waals surface area contributed by atoms with Crippen molar-refractivity contribution in [1.29, 1.82) is 0 Å². The maximum atomic E-state index is 12.0. The van der Waals surface area contributed by atoms with Crippen LogP contribution in [0.4, 0.5) is 0 Å². The molecule has 94 valence electrons. The molecule has 0 saturated carbocycles. The maximum absolute atomic E-state index is 12.0. The van der Waals surface area contributed by atoms with Crippen molar-refractivity contribution in [3.05, 3.63) is 0 Å². The highest BCUT2D eigenvalue weighted by molar-refractivity contribution is 5.82. The smallest absolute Gasteiger partial charge is 0.226 e. The second kappa shape index (κ2) is 6.21. The van der Waals surface area contributed by atoms with Crippen molar-refractivity contribution in [3.63, 3.8) is 0 Å². The fourth-order valence-electron chi connectivity index (χ4n) is 1.88. The minimum atomic E-state index is -0.191. The first-order chi connectivity index (χ1) is 7.54.